The fourth-order valence-corrected chi connectivity index (χ4v) is 4.01. The molecule has 2 amide bonds. The maximum Gasteiger partial charge on any atom is 0.488 e. The van der Waals surface area contributed by atoms with Gasteiger partial charge in [-0.3, -0.25) is 9.59 Å². The van der Waals surface area contributed by atoms with Crippen LogP contribution in [0, 0.1) is 0 Å². The summed E-state index contributed by atoms with van der Waals surface area (Å²) in [5.74, 6) is -0.403. The van der Waals surface area contributed by atoms with Crippen molar-refractivity contribution in [3.8, 4) is 0 Å². The van der Waals surface area contributed by atoms with Gasteiger partial charge in [0.2, 0.25) is 11.8 Å². The van der Waals surface area contributed by atoms with Crippen LogP contribution in [0.4, 0.5) is 0 Å². The van der Waals surface area contributed by atoms with E-state index in [0.717, 1.165) is 31.2 Å². The van der Waals surface area contributed by atoms with Crippen molar-refractivity contribution in [3.05, 3.63) is 65.7 Å². The van der Waals surface area contributed by atoms with Gasteiger partial charge in [0.1, 0.15) is 6.04 Å². The Balaban J connectivity index is 1.91. The highest BCUT2D eigenvalue weighted by Crippen LogP contribution is 2.25. The van der Waals surface area contributed by atoms with Crippen LogP contribution < -0.4 is 10.8 Å². The number of carbonyl (C=O) groups excluding carboxylic acids is 2. The lowest BCUT2D eigenvalue weighted by atomic mass is 9.79. The summed E-state index contributed by atoms with van der Waals surface area (Å²) >= 11 is 0. The van der Waals surface area contributed by atoms with E-state index >= 15 is 0 Å². The van der Waals surface area contributed by atoms with Gasteiger partial charge in [-0.2, -0.15) is 0 Å². The number of nitrogens with one attached hydrogen (secondary N) is 1. The smallest absolute Gasteiger partial charge is 0.423 e. The van der Waals surface area contributed by atoms with E-state index in [1.54, 1.807) is 29.2 Å². The molecule has 1 fully saturated rings. The Labute approximate surface area is 178 Å². The van der Waals surface area contributed by atoms with Crippen LogP contribution in [0.5, 0.6) is 0 Å². The molecule has 0 saturated heterocycles. The standard InChI is InChI=1S/C23H29BN2O4/c1-17(27)26(16-18-8-4-2-5-9-18)22(19-12-14-20(15-13-19)24(29)30)23(28)25-21-10-6-3-7-11-21/h2,4-5,8-9,12-15,21-22,29-30H,3,6-7,10-11,16H2,1H3,(H,25,28). The van der Waals surface area contributed by atoms with Gasteiger partial charge in [-0.1, -0.05) is 73.9 Å². The summed E-state index contributed by atoms with van der Waals surface area (Å²) in [7, 11) is -1.58. The number of carbonyl (C=O) groups is 2. The third-order valence-electron chi connectivity index (χ3n) is 5.66. The zero-order valence-corrected chi connectivity index (χ0v) is 17.3. The van der Waals surface area contributed by atoms with E-state index in [2.05, 4.69) is 5.32 Å². The van der Waals surface area contributed by atoms with E-state index < -0.39 is 13.2 Å². The molecule has 7 heteroatoms. The van der Waals surface area contributed by atoms with Gasteiger partial charge >= 0.3 is 7.12 Å². The van der Waals surface area contributed by atoms with Crippen molar-refractivity contribution >= 4 is 24.4 Å². The number of nitrogens with zero attached hydrogens (tertiary/aromatic N) is 1. The summed E-state index contributed by atoms with van der Waals surface area (Å²) in [6.45, 7) is 1.78. The van der Waals surface area contributed by atoms with Gasteiger partial charge in [-0.05, 0) is 29.4 Å². The molecule has 2 aromatic rings. The van der Waals surface area contributed by atoms with E-state index in [-0.39, 0.29) is 17.9 Å². The molecule has 1 aliphatic carbocycles. The van der Waals surface area contributed by atoms with E-state index in [0.29, 0.717) is 17.6 Å². The van der Waals surface area contributed by atoms with Crippen molar-refractivity contribution in [2.75, 3.05) is 0 Å². The van der Waals surface area contributed by atoms with Gasteiger partial charge < -0.3 is 20.3 Å². The summed E-state index contributed by atoms with van der Waals surface area (Å²) in [6, 6.07) is 15.4. The topological polar surface area (TPSA) is 89.9 Å². The molecule has 3 rings (SSSR count). The summed E-state index contributed by atoms with van der Waals surface area (Å²) < 4.78 is 0. The minimum Gasteiger partial charge on any atom is -0.423 e. The monoisotopic (exact) mass is 408 g/mol. The molecule has 0 bridgehead atoms. The summed E-state index contributed by atoms with van der Waals surface area (Å²) in [6.07, 6.45) is 5.28. The molecule has 6 nitrogen and oxygen atoms in total. The fraction of sp³-hybridized carbons (Fsp3) is 0.391. The van der Waals surface area contributed by atoms with Crippen molar-refractivity contribution < 1.29 is 19.6 Å². The van der Waals surface area contributed by atoms with Gasteiger partial charge in [0.15, 0.2) is 0 Å². The number of rotatable bonds is 7. The average molecular weight is 408 g/mol. The van der Waals surface area contributed by atoms with Crippen LogP contribution >= 0.6 is 0 Å². The highest BCUT2D eigenvalue weighted by molar-refractivity contribution is 6.58. The maximum atomic E-state index is 13.4. The molecule has 1 atom stereocenters. The van der Waals surface area contributed by atoms with Crippen molar-refractivity contribution in [2.24, 2.45) is 0 Å². The molecular weight excluding hydrogens is 379 g/mol. The molecule has 1 saturated carbocycles. The Bertz CT molecular complexity index is 836. The first kappa shape index (κ1) is 22.1. The summed E-state index contributed by atoms with van der Waals surface area (Å²) in [5, 5.41) is 21.9. The quantitative estimate of drug-likeness (QED) is 0.611. The van der Waals surface area contributed by atoms with Crippen LogP contribution in [-0.2, 0) is 16.1 Å². The van der Waals surface area contributed by atoms with Crippen molar-refractivity contribution in [1.82, 2.24) is 10.2 Å². The molecule has 30 heavy (non-hydrogen) atoms. The Morgan fingerprint density at radius 1 is 1.03 bits per heavy atom. The molecule has 0 aromatic heterocycles. The van der Waals surface area contributed by atoms with Gasteiger partial charge in [-0.25, -0.2) is 0 Å². The predicted molar refractivity (Wildman–Crippen MR) is 117 cm³/mol. The van der Waals surface area contributed by atoms with Crippen LogP contribution in [0.1, 0.15) is 56.2 Å². The largest absolute Gasteiger partial charge is 0.488 e. The molecule has 1 unspecified atom stereocenters. The lowest BCUT2D eigenvalue weighted by Gasteiger charge is -2.33. The minimum absolute atomic E-state index is 0.123. The second kappa shape index (κ2) is 10.4. The molecule has 2 aromatic carbocycles. The number of amides is 2. The first-order chi connectivity index (χ1) is 14.5. The Hall–Kier alpha value is -2.64. The number of benzene rings is 2. The lowest BCUT2D eigenvalue weighted by molar-refractivity contribution is -0.140. The van der Waals surface area contributed by atoms with Gasteiger partial charge in [0.05, 0.1) is 0 Å². The molecule has 0 radical (unpaired) electrons. The molecule has 158 valence electrons. The molecule has 0 aliphatic heterocycles. The first-order valence-electron chi connectivity index (χ1n) is 10.5. The normalized spacial score (nSPS) is 15.3. The first-order valence-corrected chi connectivity index (χ1v) is 10.5. The average Bonchev–Trinajstić information content (AvgIpc) is 2.75. The predicted octanol–water partition coefficient (Wildman–Crippen LogP) is 1.91. The van der Waals surface area contributed by atoms with Gasteiger partial charge in [-0.15, -0.1) is 0 Å². The maximum absolute atomic E-state index is 13.4. The second-order valence-electron chi connectivity index (χ2n) is 7.92. The second-order valence-corrected chi connectivity index (χ2v) is 7.92. The zero-order valence-electron chi connectivity index (χ0n) is 17.3. The van der Waals surface area contributed by atoms with Crippen molar-refractivity contribution in [3.63, 3.8) is 0 Å². The SMILES string of the molecule is CC(=O)N(Cc1ccccc1)C(C(=O)NC1CCCCC1)c1ccc(B(O)O)cc1. The minimum atomic E-state index is -1.58. The van der Waals surface area contributed by atoms with Crippen molar-refractivity contribution in [1.29, 1.82) is 0 Å². The van der Waals surface area contributed by atoms with Crippen LogP contribution in [0.3, 0.4) is 0 Å². The zero-order chi connectivity index (χ0) is 21.5. The van der Waals surface area contributed by atoms with E-state index in [4.69, 9.17) is 0 Å². The van der Waals surface area contributed by atoms with E-state index in [1.165, 1.54) is 13.3 Å². The third-order valence-corrected chi connectivity index (χ3v) is 5.66. The summed E-state index contributed by atoms with van der Waals surface area (Å²) in [4.78, 5) is 27.5. The highest BCUT2D eigenvalue weighted by atomic mass is 16.4. The van der Waals surface area contributed by atoms with Gasteiger partial charge in [0, 0.05) is 19.5 Å². The lowest BCUT2D eigenvalue weighted by Crippen LogP contribution is -2.46. The Morgan fingerprint density at radius 2 is 1.67 bits per heavy atom. The third kappa shape index (κ3) is 5.71. The van der Waals surface area contributed by atoms with Crippen LogP contribution in [0.25, 0.3) is 0 Å². The Morgan fingerprint density at radius 3 is 2.23 bits per heavy atom. The Kier molecular flexibility index (Phi) is 7.66. The van der Waals surface area contributed by atoms with E-state index in [9.17, 15) is 19.6 Å². The van der Waals surface area contributed by atoms with Crippen LogP contribution in [-0.4, -0.2) is 39.9 Å². The molecular formula is C23H29BN2O4. The van der Waals surface area contributed by atoms with Crippen LogP contribution in [0.15, 0.2) is 54.6 Å². The number of hydrogen-bond acceptors (Lipinski definition) is 4. The van der Waals surface area contributed by atoms with Gasteiger partial charge in [0.25, 0.3) is 0 Å². The fourth-order valence-electron chi connectivity index (χ4n) is 4.01. The number of hydrogen-bond donors (Lipinski definition) is 3. The molecule has 1 aliphatic rings. The van der Waals surface area contributed by atoms with E-state index in [1.807, 2.05) is 30.3 Å². The molecule has 0 spiro atoms. The van der Waals surface area contributed by atoms with Crippen LogP contribution in [0.2, 0.25) is 0 Å². The molecule has 3 N–H and O–H groups in total. The molecule has 0 heterocycles. The highest BCUT2D eigenvalue weighted by Gasteiger charge is 2.31. The van der Waals surface area contributed by atoms with Crippen molar-refractivity contribution in [2.45, 2.75) is 57.7 Å². The summed E-state index contributed by atoms with van der Waals surface area (Å²) in [5.41, 5.74) is 1.91.